The number of hydrogen-bond acceptors (Lipinski definition) is 3. The molecule has 0 fully saturated rings. The number of nitrogens with two attached hydrogens (primary N) is 1. The van der Waals surface area contributed by atoms with E-state index < -0.39 is 0 Å². The third kappa shape index (κ3) is 2.78. The van der Waals surface area contributed by atoms with Crippen LogP contribution < -0.4 is 10.5 Å². The molecule has 0 saturated carbocycles. The van der Waals surface area contributed by atoms with Crippen molar-refractivity contribution in [2.45, 2.75) is 26.9 Å². The van der Waals surface area contributed by atoms with Gasteiger partial charge in [-0.15, -0.1) is 0 Å². The van der Waals surface area contributed by atoms with E-state index in [4.69, 9.17) is 10.5 Å². The summed E-state index contributed by atoms with van der Waals surface area (Å²) in [5.41, 5.74) is 8.55. The SMILES string of the molecule is Cc1cnn(-c2cc(N)cc(OC(C)C)c2)c1. The highest BCUT2D eigenvalue weighted by atomic mass is 16.5. The minimum absolute atomic E-state index is 0.129. The molecule has 17 heavy (non-hydrogen) atoms. The number of rotatable bonds is 3. The molecule has 0 aliphatic rings. The van der Waals surface area contributed by atoms with E-state index in [0.29, 0.717) is 5.69 Å². The van der Waals surface area contributed by atoms with Crippen LogP contribution in [-0.4, -0.2) is 15.9 Å². The normalized spacial score (nSPS) is 10.8. The summed E-state index contributed by atoms with van der Waals surface area (Å²) >= 11 is 0. The second-order valence-electron chi connectivity index (χ2n) is 4.39. The lowest BCUT2D eigenvalue weighted by molar-refractivity contribution is 0.242. The summed E-state index contributed by atoms with van der Waals surface area (Å²) in [5.74, 6) is 0.767. The fraction of sp³-hybridized carbons (Fsp3) is 0.308. The maximum Gasteiger partial charge on any atom is 0.123 e. The molecule has 0 bridgehead atoms. The second-order valence-corrected chi connectivity index (χ2v) is 4.39. The van der Waals surface area contributed by atoms with E-state index in [0.717, 1.165) is 17.0 Å². The summed E-state index contributed by atoms with van der Waals surface area (Å²) in [6.07, 6.45) is 3.89. The fourth-order valence-electron chi connectivity index (χ4n) is 1.63. The van der Waals surface area contributed by atoms with Gasteiger partial charge in [0.2, 0.25) is 0 Å². The Kier molecular flexibility index (Phi) is 3.04. The zero-order chi connectivity index (χ0) is 12.4. The van der Waals surface area contributed by atoms with Crippen molar-refractivity contribution in [3.05, 3.63) is 36.2 Å². The molecule has 0 atom stereocenters. The van der Waals surface area contributed by atoms with Gasteiger partial charge in [-0.25, -0.2) is 4.68 Å². The summed E-state index contributed by atoms with van der Waals surface area (Å²) in [5, 5.41) is 4.25. The first-order chi connectivity index (χ1) is 8.04. The number of benzene rings is 1. The van der Waals surface area contributed by atoms with Gasteiger partial charge in [-0.05, 0) is 32.4 Å². The van der Waals surface area contributed by atoms with Crippen LogP contribution in [0.25, 0.3) is 5.69 Å². The molecule has 0 saturated heterocycles. The zero-order valence-electron chi connectivity index (χ0n) is 10.3. The molecule has 0 spiro atoms. The summed E-state index contributed by atoms with van der Waals surface area (Å²) in [4.78, 5) is 0. The summed E-state index contributed by atoms with van der Waals surface area (Å²) in [6.45, 7) is 5.98. The van der Waals surface area contributed by atoms with Gasteiger partial charge in [-0.2, -0.15) is 5.10 Å². The number of nitrogen functional groups attached to an aromatic ring is 1. The molecule has 90 valence electrons. The maximum absolute atomic E-state index is 5.86. The Balaban J connectivity index is 2.37. The molecular weight excluding hydrogens is 214 g/mol. The molecule has 0 unspecified atom stereocenters. The van der Waals surface area contributed by atoms with Crippen molar-refractivity contribution in [3.8, 4) is 11.4 Å². The summed E-state index contributed by atoms with van der Waals surface area (Å²) < 4.78 is 7.43. The second kappa shape index (κ2) is 4.49. The Morgan fingerprint density at radius 3 is 2.65 bits per heavy atom. The predicted molar refractivity (Wildman–Crippen MR) is 68.5 cm³/mol. The van der Waals surface area contributed by atoms with E-state index in [1.807, 2.05) is 51.4 Å². The Morgan fingerprint density at radius 1 is 1.29 bits per heavy atom. The smallest absolute Gasteiger partial charge is 0.123 e. The van der Waals surface area contributed by atoms with Crippen molar-refractivity contribution in [3.63, 3.8) is 0 Å². The molecule has 1 aromatic heterocycles. The van der Waals surface area contributed by atoms with Crippen LogP contribution >= 0.6 is 0 Å². The Bertz CT molecular complexity index is 517. The van der Waals surface area contributed by atoms with Gasteiger partial charge in [0.1, 0.15) is 5.75 Å². The third-order valence-electron chi connectivity index (χ3n) is 2.26. The first kappa shape index (κ1) is 11.5. The Morgan fingerprint density at radius 2 is 2.06 bits per heavy atom. The molecule has 0 aliphatic heterocycles. The summed E-state index contributed by atoms with van der Waals surface area (Å²) in [6, 6.07) is 5.63. The van der Waals surface area contributed by atoms with Crippen LogP contribution in [0.15, 0.2) is 30.6 Å². The minimum atomic E-state index is 0.129. The van der Waals surface area contributed by atoms with Crippen LogP contribution in [0, 0.1) is 6.92 Å². The van der Waals surface area contributed by atoms with E-state index in [1.165, 1.54) is 0 Å². The van der Waals surface area contributed by atoms with Gasteiger partial charge in [0, 0.05) is 24.0 Å². The van der Waals surface area contributed by atoms with Crippen LogP contribution in [0.4, 0.5) is 5.69 Å². The van der Waals surface area contributed by atoms with Crippen molar-refractivity contribution in [1.82, 2.24) is 9.78 Å². The van der Waals surface area contributed by atoms with Crippen LogP contribution in [0.1, 0.15) is 19.4 Å². The zero-order valence-corrected chi connectivity index (χ0v) is 10.3. The lowest BCUT2D eigenvalue weighted by atomic mass is 10.2. The van der Waals surface area contributed by atoms with Gasteiger partial charge in [0.05, 0.1) is 18.0 Å². The van der Waals surface area contributed by atoms with Gasteiger partial charge in [-0.1, -0.05) is 0 Å². The number of nitrogens with zero attached hydrogens (tertiary/aromatic N) is 2. The van der Waals surface area contributed by atoms with Gasteiger partial charge in [0.25, 0.3) is 0 Å². The molecule has 2 aromatic rings. The highest BCUT2D eigenvalue weighted by molar-refractivity contribution is 5.53. The van der Waals surface area contributed by atoms with Crippen molar-refractivity contribution in [2.75, 3.05) is 5.73 Å². The predicted octanol–water partition coefficient (Wildman–Crippen LogP) is 2.55. The molecule has 1 aromatic carbocycles. The van der Waals surface area contributed by atoms with Crippen LogP contribution in [0.5, 0.6) is 5.75 Å². The molecular formula is C13H17N3O. The lowest BCUT2D eigenvalue weighted by Gasteiger charge is -2.12. The average Bonchev–Trinajstić information content (AvgIpc) is 2.62. The minimum Gasteiger partial charge on any atom is -0.491 e. The molecule has 2 rings (SSSR count). The van der Waals surface area contributed by atoms with E-state index in [-0.39, 0.29) is 6.10 Å². The number of hydrogen-bond donors (Lipinski definition) is 1. The number of aryl methyl sites for hydroxylation is 1. The van der Waals surface area contributed by atoms with E-state index >= 15 is 0 Å². The first-order valence-corrected chi connectivity index (χ1v) is 5.63. The average molecular weight is 231 g/mol. The van der Waals surface area contributed by atoms with Crippen molar-refractivity contribution in [1.29, 1.82) is 0 Å². The molecule has 0 aliphatic carbocycles. The van der Waals surface area contributed by atoms with Crippen LogP contribution in [0.3, 0.4) is 0 Å². The van der Waals surface area contributed by atoms with Crippen LogP contribution in [0.2, 0.25) is 0 Å². The molecule has 2 N–H and O–H groups in total. The number of anilines is 1. The van der Waals surface area contributed by atoms with Crippen molar-refractivity contribution < 1.29 is 4.74 Å². The van der Waals surface area contributed by atoms with Gasteiger partial charge in [0.15, 0.2) is 0 Å². The van der Waals surface area contributed by atoms with Crippen molar-refractivity contribution in [2.24, 2.45) is 0 Å². The third-order valence-corrected chi connectivity index (χ3v) is 2.26. The van der Waals surface area contributed by atoms with E-state index in [9.17, 15) is 0 Å². The van der Waals surface area contributed by atoms with Crippen LogP contribution in [-0.2, 0) is 0 Å². The Labute approximate surface area is 101 Å². The van der Waals surface area contributed by atoms with Crippen molar-refractivity contribution >= 4 is 5.69 Å². The van der Waals surface area contributed by atoms with Gasteiger partial charge in [-0.3, -0.25) is 0 Å². The Hall–Kier alpha value is -1.97. The summed E-state index contributed by atoms with van der Waals surface area (Å²) in [7, 11) is 0. The first-order valence-electron chi connectivity index (χ1n) is 5.63. The fourth-order valence-corrected chi connectivity index (χ4v) is 1.63. The monoisotopic (exact) mass is 231 g/mol. The molecule has 1 heterocycles. The quantitative estimate of drug-likeness (QED) is 0.826. The molecule has 0 radical (unpaired) electrons. The van der Waals surface area contributed by atoms with Gasteiger partial charge < -0.3 is 10.5 Å². The van der Waals surface area contributed by atoms with E-state index in [1.54, 1.807) is 4.68 Å². The number of ether oxygens (including phenoxy) is 1. The standard InChI is InChI=1S/C13H17N3O/c1-9(2)17-13-5-11(14)4-12(6-13)16-8-10(3)7-15-16/h4-9H,14H2,1-3H3. The largest absolute Gasteiger partial charge is 0.491 e. The molecule has 4 nitrogen and oxygen atoms in total. The molecule has 0 amide bonds. The highest BCUT2D eigenvalue weighted by Gasteiger charge is 2.04. The maximum atomic E-state index is 5.86. The highest BCUT2D eigenvalue weighted by Crippen LogP contribution is 2.22. The number of aromatic nitrogens is 2. The topological polar surface area (TPSA) is 53.1 Å². The van der Waals surface area contributed by atoms with E-state index in [2.05, 4.69) is 5.10 Å². The van der Waals surface area contributed by atoms with Gasteiger partial charge >= 0.3 is 0 Å². The lowest BCUT2D eigenvalue weighted by Crippen LogP contribution is -2.06. The molecule has 4 heteroatoms.